The molecule has 0 fully saturated rings. The van der Waals surface area contributed by atoms with Crippen molar-refractivity contribution in [3.63, 3.8) is 0 Å². The van der Waals surface area contributed by atoms with Crippen LogP contribution in [0.2, 0.25) is 0 Å². The maximum atomic E-state index is 11.6. The van der Waals surface area contributed by atoms with E-state index in [-0.39, 0.29) is 12.5 Å². The van der Waals surface area contributed by atoms with Gasteiger partial charge < -0.3 is 20.3 Å². The third-order valence-electron chi connectivity index (χ3n) is 3.05. The molecule has 0 aliphatic rings. The summed E-state index contributed by atoms with van der Waals surface area (Å²) in [6.45, 7) is 4.36. The Morgan fingerprint density at radius 1 is 1.32 bits per heavy atom. The number of amides is 1. The van der Waals surface area contributed by atoms with Crippen LogP contribution in [0.4, 0.5) is 0 Å². The molecule has 0 aromatic heterocycles. The van der Waals surface area contributed by atoms with Crippen LogP contribution in [0.25, 0.3) is 0 Å². The number of benzene rings is 1. The third-order valence-corrected chi connectivity index (χ3v) is 4.49. The highest BCUT2D eigenvalue weighted by Gasteiger charge is 2.03. The van der Waals surface area contributed by atoms with Crippen molar-refractivity contribution in [2.45, 2.75) is 6.92 Å². The second-order valence-corrected chi connectivity index (χ2v) is 7.47. The Morgan fingerprint density at radius 3 is 2.80 bits per heavy atom. The normalized spacial score (nSPS) is 11.1. The second-order valence-electron chi connectivity index (χ2n) is 5.33. The van der Waals surface area contributed by atoms with Gasteiger partial charge in [-0.3, -0.25) is 4.79 Å². The molecule has 0 radical (unpaired) electrons. The van der Waals surface area contributed by atoms with Crippen LogP contribution in [0.5, 0.6) is 5.75 Å². The molecule has 1 amide bonds. The van der Waals surface area contributed by atoms with Crippen LogP contribution >= 0.6 is 27.7 Å². The highest BCUT2D eigenvalue weighted by molar-refractivity contribution is 9.10. The summed E-state index contributed by atoms with van der Waals surface area (Å²) in [5, 5.41) is 6.37. The number of carbonyl (C=O) groups excluding carboxylic acids is 1. The smallest absolute Gasteiger partial charge is 0.243 e. The topological polar surface area (TPSA) is 66.0 Å². The van der Waals surface area contributed by atoms with Gasteiger partial charge in [0, 0.05) is 43.2 Å². The minimum atomic E-state index is -0.0173. The Balaban J connectivity index is 2.17. The number of aliphatic imine (C=N–C) groups is 1. The number of carbonyl (C=O) groups is 1. The van der Waals surface area contributed by atoms with Gasteiger partial charge in [0.15, 0.2) is 5.96 Å². The SMILES string of the molecule is CCNC(=NCC(=O)N(C)C)NCCSCCOc1cccc(Br)c1. The van der Waals surface area contributed by atoms with Crippen LogP contribution in [0.3, 0.4) is 0 Å². The number of halogens is 1. The molecular formula is C17H27BrN4O2S. The fraction of sp³-hybridized carbons (Fsp3) is 0.529. The first-order valence-corrected chi connectivity index (χ1v) is 10.2. The number of ether oxygens (including phenoxy) is 1. The Hall–Kier alpha value is -1.41. The zero-order valence-electron chi connectivity index (χ0n) is 15.0. The molecule has 1 aromatic rings. The van der Waals surface area contributed by atoms with Gasteiger partial charge in [0.2, 0.25) is 5.91 Å². The molecule has 0 aliphatic carbocycles. The van der Waals surface area contributed by atoms with Crippen molar-refractivity contribution < 1.29 is 9.53 Å². The highest BCUT2D eigenvalue weighted by Crippen LogP contribution is 2.17. The standard InChI is InChI=1S/C17H27BrN4O2S/c1-4-19-17(21-13-16(23)22(2)3)20-8-10-25-11-9-24-15-7-5-6-14(18)12-15/h5-7,12H,4,8-11,13H2,1-3H3,(H2,19,20,21). The van der Waals surface area contributed by atoms with Crippen LogP contribution in [0, 0.1) is 0 Å². The molecule has 0 atom stereocenters. The number of rotatable bonds is 10. The number of hydrogen-bond donors (Lipinski definition) is 2. The predicted molar refractivity (Wildman–Crippen MR) is 110 cm³/mol. The average Bonchev–Trinajstić information content (AvgIpc) is 2.58. The zero-order valence-corrected chi connectivity index (χ0v) is 17.5. The molecule has 0 saturated heterocycles. The second kappa shape index (κ2) is 12.9. The molecule has 1 rings (SSSR count). The van der Waals surface area contributed by atoms with Crippen LogP contribution in [0.15, 0.2) is 33.7 Å². The first-order chi connectivity index (χ1) is 12.0. The quantitative estimate of drug-likeness (QED) is 0.338. The van der Waals surface area contributed by atoms with Crippen molar-refractivity contribution in [1.29, 1.82) is 0 Å². The van der Waals surface area contributed by atoms with E-state index < -0.39 is 0 Å². The van der Waals surface area contributed by atoms with E-state index >= 15 is 0 Å². The van der Waals surface area contributed by atoms with E-state index in [1.54, 1.807) is 14.1 Å². The van der Waals surface area contributed by atoms with Gasteiger partial charge in [0.25, 0.3) is 0 Å². The number of nitrogens with zero attached hydrogens (tertiary/aromatic N) is 2. The summed E-state index contributed by atoms with van der Waals surface area (Å²) in [5.74, 6) is 3.38. The first kappa shape index (κ1) is 21.6. The fourth-order valence-corrected chi connectivity index (χ4v) is 2.78. The lowest BCUT2D eigenvalue weighted by molar-refractivity contribution is -0.127. The van der Waals surface area contributed by atoms with Crippen LogP contribution in [-0.4, -0.2) is 68.6 Å². The maximum absolute atomic E-state index is 11.6. The Kier molecular flexibility index (Phi) is 11.1. The molecule has 0 aliphatic heterocycles. The van der Waals surface area contributed by atoms with Gasteiger partial charge in [0.1, 0.15) is 12.3 Å². The maximum Gasteiger partial charge on any atom is 0.243 e. The van der Waals surface area contributed by atoms with Crippen molar-refractivity contribution in [3.05, 3.63) is 28.7 Å². The van der Waals surface area contributed by atoms with Gasteiger partial charge in [-0.25, -0.2) is 4.99 Å². The van der Waals surface area contributed by atoms with Crippen LogP contribution in [-0.2, 0) is 4.79 Å². The Bertz CT molecular complexity index is 555. The van der Waals surface area contributed by atoms with E-state index in [2.05, 4.69) is 31.6 Å². The third kappa shape index (κ3) is 10.2. The number of likely N-dealkylation sites (N-methyl/N-ethyl adjacent to an activating group) is 1. The lowest BCUT2D eigenvalue weighted by Gasteiger charge is -2.12. The average molecular weight is 431 g/mol. The van der Waals surface area contributed by atoms with E-state index in [0.717, 1.165) is 34.8 Å². The van der Waals surface area contributed by atoms with Crippen molar-refractivity contribution in [2.24, 2.45) is 4.99 Å². The molecule has 0 saturated carbocycles. The minimum absolute atomic E-state index is 0.0173. The highest BCUT2D eigenvalue weighted by atomic mass is 79.9. The lowest BCUT2D eigenvalue weighted by Crippen LogP contribution is -2.39. The van der Waals surface area contributed by atoms with E-state index in [9.17, 15) is 4.79 Å². The summed E-state index contributed by atoms with van der Waals surface area (Å²) in [7, 11) is 3.45. The zero-order chi connectivity index (χ0) is 18.5. The molecule has 140 valence electrons. The summed E-state index contributed by atoms with van der Waals surface area (Å²) < 4.78 is 6.71. The number of thioether (sulfide) groups is 1. The molecule has 6 nitrogen and oxygen atoms in total. The summed E-state index contributed by atoms with van der Waals surface area (Å²) >= 11 is 5.24. The van der Waals surface area contributed by atoms with Crippen molar-refractivity contribution in [3.8, 4) is 5.75 Å². The van der Waals surface area contributed by atoms with E-state index in [1.807, 2.05) is 43.0 Å². The summed E-state index contributed by atoms with van der Waals surface area (Å²) in [4.78, 5) is 17.4. The largest absolute Gasteiger partial charge is 0.493 e. The predicted octanol–water partition coefficient (Wildman–Crippen LogP) is 2.20. The van der Waals surface area contributed by atoms with Gasteiger partial charge in [0.05, 0.1) is 6.61 Å². The Labute approximate surface area is 162 Å². The minimum Gasteiger partial charge on any atom is -0.493 e. The molecule has 2 N–H and O–H groups in total. The summed E-state index contributed by atoms with van der Waals surface area (Å²) in [6, 6.07) is 7.84. The van der Waals surface area contributed by atoms with E-state index in [0.29, 0.717) is 12.6 Å². The van der Waals surface area contributed by atoms with Gasteiger partial charge in [-0.2, -0.15) is 11.8 Å². The molecule has 0 bridgehead atoms. The molecule has 0 heterocycles. The van der Waals surface area contributed by atoms with Gasteiger partial charge in [-0.05, 0) is 25.1 Å². The van der Waals surface area contributed by atoms with Crippen molar-refractivity contribution in [1.82, 2.24) is 15.5 Å². The summed E-state index contributed by atoms with van der Waals surface area (Å²) in [6.07, 6.45) is 0. The van der Waals surface area contributed by atoms with Crippen LogP contribution < -0.4 is 15.4 Å². The van der Waals surface area contributed by atoms with Gasteiger partial charge in [-0.15, -0.1) is 0 Å². The van der Waals surface area contributed by atoms with Gasteiger partial charge >= 0.3 is 0 Å². The monoisotopic (exact) mass is 430 g/mol. The number of guanidine groups is 1. The fourth-order valence-electron chi connectivity index (χ4n) is 1.75. The van der Waals surface area contributed by atoms with Crippen molar-refractivity contribution >= 4 is 39.6 Å². The molecule has 0 spiro atoms. The molecule has 25 heavy (non-hydrogen) atoms. The first-order valence-electron chi connectivity index (χ1n) is 8.21. The number of hydrogen-bond acceptors (Lipinski definition) is 4. The summed E-state index contributed by atoms with van der Waals surface area (Å²) in [5.41, 5.74) is 0. The molecule has 1 aromatic carbocycles. The lowest BCUT2D eigenvalue weighted by atomic mass is 10.3. The number of nitrogens with one attached hydrogen (secondary N) is 2. The van der Waals surface area contributed by atoms with E-state index in [1.165, 1.54) is 4.90 Å². The van der Waals surface area contributed by atoms with Crippen LogP contribution in [0.1, 0.15) is 6.92 Å². The van der Waals surface area contributed by atoms with E-state index in [4.69, 9.17) is 4.74 Å². The Morgan fingerprint density at radius 2 is 2.12 bits per heavy atom. The molecule has 0 unspecified atom stereocenters. The van der Waals surface area contributed by atoms with Crippen molar-refractivity contribution in [2.75, 3.05) is 51.8 Å². The van der Waals surface area contributed by atoms with Gasteiger partial charge in [-0.1, -0.05) is 22.0 Å². The molecular weight excluding hydrogens is 404 g/mol. The molecule has 8 heteroatoms.